The van der Waals surface area contributed by atoms with E-state index in [1.54, 1.807) is 18.3 Å². The van der Waals surface area contributed by atoms with Crippen LogP contribution in [0.25, 0.3) is 22.2 Å². The summed E-state index contributed by atoms with van der Waals surface area (Å²) in [6.07, 6.45) is 5.43. The molecule has 4 nitrogen and oxygen atoms in total. The molecule has 0 aliphatic carbocycles. The quantitative estimate of drug-likeness (QED) is 0.381. The number of fused-ring (bicyclic) bond motifs is 1. The largest absolute Gasteiger partial charge is 0.357 e. The molecule has 0 atom stereocenters. The number of imidazole rings is 1. The molecule has 31 heavy (non-hydrogen) atoms. The third-order valence-electron chi connectivity index (χ3n) is 6.00. The number of hydrogen-bond donors (Lipinski definition) is 0. The molecule has 1 fully saturated rings. The molecule has 2 aromatic heterocycles. The van der Waals surface area contributed by atoms with Crippen LogP contribution in [0.4, 0.5) is 10.2 Å². The Morgan fingerprint density at radius 2 is 1.87 bits per heavy atom. The normalized spacial score (nSPS) is 14.4. The fourth-order valence-corrected chi connectivity index (χ4v) is 4.59. The van der Waals surface area contributed by atoms with Crippen molar-refractivity contribution in [2.75, 3.05) is 18.0 Å². The fourth-order valence-electron chi connectivity index (χ4n) is 4.37. The lowest BCUT2D eigenvalue weighted by Gasteiger charge is -2.28. The van der Waals surface area contributed by atoms with Crippen LogP contribution in [0.3, 0.4) is 0 Å². The first kappa shape index (κ1) is 20.0. The van der Waals surface area contributed by atoms with Gasteiger partial charge in [0.2, 0.25) is 0 Å². The predicted octanol–water partition coefficient (Wildman–Crippen LogP) is 6.24. The van der Waals surface area contributed by atoms with Crippen molar-refractivity contribution in [1.82, 2.24) is 14.5 Å². The zero-order chi connectivity index (χ0) is 21.4. The average Bonchev–Trinajstić information content (AvgIpc) is 3.09. The van der Waals surface area contributed by atoms with Crippen molar-refractivity contribution < 1.29 is 4.39 Å². The van der Waals surface area contributed by atoms with E-state index in [1.807, 2.05) is 19.1 Å². The Kier molecular flexibility index (Phi) is 5.36. The van der Waals surface area contributed by atoms with Gasteiger partial charge in [-0.3, -0.25) is 0 Å². The van der Waals surface area contributed by atoms with Crippen LogP contribution in [0.2, 0.25) is 5.02 Å². The second kappa shape index (κ2) is 8.31. The van der Waals surface area contributed by atoms with E-state index in [9.17, 15) is 4.39 Å². The highest BCUT2D eigenvalue weighted by Gasteiger charge is 2.16. The van der Waals surface area contributed by atoms with E-state index in [-0.39, 0.29) is 5.82 Å². The molecule has 0 unspecified atom stereocenters. The molecule has 1 aliphatic rings. The van der Waals surface area contributed by atoms with Crippen LogP contribution in [0, 0.1) is 12.7 Å². The van der Waals surface area contributed by atoms with Gasteiger partial charge in [-0.2, -0.15) is 0 Å². The van der Waals surface area contributed by atoms with Crippen molar-refractivity contribution in [2.24, 2.45) is 0 Å². The standard InChI is InChI=1S/C25H24ClFN4/c1-17-29-23-9-8-19(13-24(23)31(17)16-18-6-5-7-20(27)12-18)21-14-25(28-15-22(21)26)30-10-3-2-4-11-30/h5-9,12-15H,2-4,10-11,16H2,1H3. The molecule has 0 saturated carbocycles. The molecule has 0 bridgehead atoms. The van der Waals surface area contributed by atoms with Gasteiger partial charge in [-0.15, -0.1) is 0 Å². The van der Waals surface area contributed by atoms with E-state index in [4.69, 9.17) is 16.6 Å². The van der Waals surface area contributed by atoms with Crippen LogP contribution in [-0.2, 0) is 6.54 Å². The number of aromatic nitrogens is 3. The van der Waals surface area contributed by atoms with Gasteiger partial charge in [0.05, 0.1) is 16.1 Å². The van der Waals surface area contributed by atoms with Gasteiger partial charge in [-0.05, 0) is 67.6 Å². The second-order valence-corrected chi connectivity index (χ2v) is 8.56. The van der Waals surface area contributed by atoms with Crippen LogP contribution < -0.4 is 4.90 Å². The third-order valence-corrected chi connectivity index (χ3v) is 6.30. The summed E-state index contributed by atoms with van der Waals surface area (Å²) < 4.78 is 15.8. The Balaban J connectivity index is 1.55. The Morgan fingerprint density at radius 3 is 2.68 bits per heavy atom. The van der Waals surface area contributed by atoms with Gasteiger partial charge < -0.3 is 9.47 Å². The Morgan fingerprint density at radius 1 is 1.03 bits per heavy atom. The molecule has 158 valence electrons. The zero-order valence-electron chi connectivity index (χ0n) is 17.5. The van der Waals surface area contributed by atoms with Crippen LogP contribution in [0.5, 0.6) is 0 Å². The molecule has 1 aliphatic heterocycles. The first-order valence-electron chi connectivity index (χ1n) is 10.7. The van der Waals surface area contributed by atoms with E-state index in [1.165, 1.54) is 25.3 Å². The number of nitrogens with zero attached hydrogens (tertiary/aromatic N) is 4. The van der Waals surface area contributed by atoms with Gasteiger partial charge in [0, 0.05) is 31.4 Å². The van der Waals surface area contributed by atoms with Crippen molar-refractivity contribution in [3.63, 3.8) is 0 Å². The van der Waals surface area contributed by atoms with Crippen molar-refractivity contribution in [2.45, 2.75) is 32.7 Å². The number of rotatable bonds is 4. The van der Waals surface area contributed by atoms with Crippen LogP contribution in [-0.4, -0.2) is 27.6 Å². The maximum absolute atomic E-state index is 13.7. The van der Waals surface area contributed by atoms with Crippen molar-refractivity contribution in [3.8, 4) is 11.1 Å². The predicted molar refractivity (Wildman–Crippen MR) is 124 cm³/mol. The number of piperidine rings is 1. The molecular weight excluding hydrogens is 411 g/mol. The summed E-state index contributed by atoms with van der Waals surface area (Å²) in [5.41, 5.74) is 4.82. The van der Waals surface area contributed by atoms with E-state index in [0.29, 0.717) is 11.6 Å². The number of anilines is 1. The number of hydrogen-bond acceptors (Lipinski definition) is 3. The van der Waals surface area contributed by atoms with Crippen molar-refractivity contribution >= 4 is 28.5 Å². The summed E-state index contributed by atoms with van der Waals surface area (Å²) in [7, 11) is 0. The maximum atomic E-state index is 13.7. The molecule has 0 N–H and O–H groups in total. The summed E-state index contributed by atoms with van der Waals surface area (Å²) in [4.78, 5) is 11.6. The number of halogens is 2. The summed E-state index contributed by atoms with van der Waals surface area (Å²) in [6.45, 7) is 4.61. The van der Waals surface area contributed by atoms with Gasteiger partial charge in [0.15, 0.2) is 0 Å². The lowest BCUT2D eigenvalue weighted by atomic mass is 10.1. The van der Waals surface area contributed by atoms with Gasteiger partial charge in [0.1, 0.15) is 17.5 Å². The molecule has 3 heterocycles. The molecule has 0 amide bonds. The van der Waals surface area contributed by atoms with E-state index in [0.717, 1.165) is 52.5 Å². The number of pyridine rings is 1. The van der Waals surface area contributed by atoms with Gasteiger partial charge in [-0.1, -0.05) is 29.8 Å². The molecule has 0 radical (unpaired) electrons. The van der Waals surface area contributed by atoms with Crippen molar-refractivity contribution in [3.05, 3.63) is 77.0 Å². The number of aryl methyl sites for hydroxylation is 1. The highest BCUT2D eigenvalue weighted by molar-refractivity contribution is 6.33. The van der Waals surface area contributed by atoms with E-state index in [2.05, 4.69) is 32.7 Å². The fraction of sp³-hybridized carbons (Fsp3) is 0.280. The Bertz CT molecular complexity index is 1240. The molecule has 1 saturated heterocycles. The molecule has 0 spiro atoms. The van der Waals surface area contributed by atoms with Gasteiger partial charge >= 0.3 is 0 Å². The highest BCUT2D eigenvalue weighted by atomic mass is 35.5. The molecule has 4 aromatic rings. The zero-order valence-corrected chi connectivity index (χ0v) is 18.2. The number of benzene rings is 2. The molecule has 2 aromatic carbocycles. The monoisotopic (exact) mass is 434 g/mol. The first-order valence-corrected chi connectivity index (χ1v) is 11.1. The first-order chi connectivity index (χ1) is 15.1. The lowest BCUT2D eigenvalue weighted by Crippen LogP contribution is -2.30. The van der Waals surface area contributed by atoms with Gasteiger partial charge in [-0.25, -0.2) is 14.4 Å². The lowest BCUT2D eigenvalue weighted by molar-refractivity contribution is 0.573. The van der Waals surface area contributed by atoms with Crippen LogP contribution in [0.1, 0.15) is 30.7 Å². The molecule has 6 heteroatoms. The third kappa shape index (κ3) is 4.02. The Hall–Kier alpha value is -2.92. The van der Waals surface area contributed by atoms with Gasteiger partial charge in [0.25, 0.3) is 0 Å². The summed E-state index contributed by atoms with van der Waals surface area (Å²) >= 11 is 6.57. The second-order valence-electron chi connectivity index (χ2n) is 8.15. The smallest absolute Gasteiger partial charge is 0.129 e. The van der Waals surface area contributed by atoms with Crippen molar-refractivity contribution in [1.29, 1.82) is 0 Å². The summed E-state index contributed by atoms with van der Waals surface area (Å²) in [5, 5.41) is 0.632. The summed E-state index contributed by atoms with van der Waals surface area (Å²) in [6, 6.07) is 15.0. The van der Waals surface area contributed by atoms with E-state index >= 15 is 0 Å². The minimum atomic E-state index is -0.228. The summed E-state index contributed by atoms with van der Waals surface area (Å²) in [5.74, 6) is 1.64. The minimum absolute atomic E-state index is 0.228. The molecule has 5 rings (SSSR count). The maximum Gasteiger partial charge on any atom is 0.129 e. The Labute approximate surface area is 186 Å². The van der Waals surface area contributed by atoms with Crippen LogP contribution >= 0.6 is 11.6 Å². The topological polar surface area (TPSA) is 34.0 Å². The van der Waals surface area contributed by atoms with E-state index < -0.39 is 0 Å². The molecular formula is C25H24ClFN4. The minimum Gasteiger partial charge on any atom is -0.357 e. The average molecular weight is 435 g/mol. The highest BCUT2D eigenvalue weighted by Crippen LogP contribution is 2.33. The SMILES string of the molecule is Cc1nc2ccc(-c3cc(N4CCCCC4)ncc3Cl)cc2n1Cc1cccc(F)c1. The van der Waals surface area contributed by atoms with Crippen LogP contribution in [0.15, 0.2) is 54.7 Å².